The third-order valence-corrected chi connectivity index (χ3v) is 10.9. The molecule has 1 unspecified atom stereocenters. The molecule has 0 bridgehead atoms. The number of benzene rings is 2. The molecule has 18 heavy (non-hydrogen) atoms. The van der Waals surface area contributed by atoms with Crippen molar-refractivity contribution in [1.29, 1.82) is 0 Å². The van der Waals surface area contributed by atoms with Crippen LogP contribution in [0.5, 0.6) is 0 Å². The minimum atomic E-state index is -1.10. The third-order valence-electron chi connectivity index (χ3n) is 3.20. The van der Waals surface area contributed by atoms with Crippen molar-refractivity contribution >= 4 is 18.1 Å². The minimum Gasteiger partial charge on any atom is -0.167 e. The second kappa shape index (κ2) is 5.07. The molecule has 0 radical (unpaired) electrons. The summed E-state index contributed by atoms with van der Waals surface area (Å²) in [5.74, 6) is 0. The second-order valence-electron chi connectivity index (χ2n) is 5.40. The summed E-state index contributed by atoms with van der Waals surface area (Å²) in [4.78, 5) is 2.85. The summed E-state index contributed by atoms with van der Waals surface area (Å²) in [6.07, 6.45) is 0. The van der Waals surface area contributed by atoms with Crippen LogP contribution in [0.15, 0.2) is 70.5 Å². The van der Waals surface area contributed by atoms with Gasteiger partial charge in [0.15, 0.2) is 0 Å². The van der Waals surface area contributed by atoms with Crippen molar-refractivity contribution in [3.63, 3.8) is 0 Å². The predicted octanol–water partition coefficient (Wildman–Crippen LogP) is 5.50. The van der Waals surface area contributed by atoms with Gasteiger partial charge in [0.1, 0.15) is 0 Å². The molecule has 0 aliphatic rings. The summed E-state index contributed by atoms with van der Waals surface area (Å²) in [5, 5.41) is 0. The Morgan fingerprint density at radius 3 is 1.33 bits per heavy atom. The Labute approximate surface area is 114 Å². The predicted molar refractivity (Wildman–Crippen MR) is 86.5 cm³/mol. The van der Waals surface area contributed by atoms with E-state index in [2.05, 4.69) is 89.9 Å². The highest BCUT2D eigenvalue weighted by Crippen LogP contribution is 2.75. The van der Waals surface area contributed by atoms with Crippen molar-refractivity contribution in [3.8, 4) is 0 Å². The normalized spacial score (nSPS) is 13.3. The van der Waals surface area contributed by atoms with Crippen molar-refractivity contribution in [1.82, 2.24) is 0 Å². The highest BCUT2D eigenvalue weighted by atomic mass is 32.8. The smallest absolute Gasteiger partial charge is 0.00258 e. The van der Waals surface area contributed by atoms with Gasteiger partial charge < -0.3 is 0 Å². The molecule has 0 saturated carbocycles. The van der Waals surface area contributed by atoms with Crippen molar-refractivity contribution in [2.45, 2.75) is 35.3 Å². The maximum absolute atomic E-state index is 3.17. The van der Waals surface area contributed by atoms with Crippen LogP contribution in [0.4, 0.5) is 0 Å². The first-order valence-electron chi connectivity index (χ1n) is 6.17. The van der Waals surface area contributed by atoms with Gasteiger partial charge in [0.05, 0.1) is 0 Å². The van der Waals surface area contributed by atoms with E-state index in [-0.39, 0.29) is 4.75 Å². The van der Waals surface area contributed by atoms with Gasteiger partial charge in [-0.3, -0.25) is 0 Å². The molecule has 0 fully saturated rings. The van der Waals surface area contributed by atoms with Crippen molar-refractivity contribution in [2.75, 3.05) is 0 Å². The van der Waals surface area contributed by atoms with Crippen LogP contribution in [0.3, 0.4) is 0 Å². The van der Waals surface area contributed by atoms with Crippen LogP contribution in [0.1, 0.15) is 20.8 Å². The molecule has 1 atom stereocenters. The maximum Gasteiger partial charge on any atom is 0.00258 e. The fraction of sp³-hybridized carbons (Fsp3) is 0.250. The van der Waals surface area contributed by atoms with Crippen LogP contribution in [0, 0.1) is 0 Å². The lowest BCUT2D eigenvalue weighted by Gasteiger charge is -2.48. The fourth-order valence-electron chi connectivity index (χ4n) is 2.11. The van der Waals surface area contributed by atoms with Crippen molar-refractivity contribution < 1.29 is 0 Å². The molecule has 0 aliphatic heterocycles. The van der Waals surface area contributed by atoms with E-state index in [1.807, 2.05) is 0 Å². The van der Waals surface area contributed by atoms with Crippen molar-refractivity contribution in [3.05, 3.63) is 60.7 Å². The molecule has 0 aliphatic carbocycles. The molecule has 0 N–H and O–H groups in total. The van der Waals surface area contributed by atoms with E-state index in [0.717, 1.165) is 0 Å². The fourth-order valence-corrected chi connectivity index (χ4v) is 5.92. The van der Waals surface area contributed by atoms with Gasteiger partial charge in [-0.15, -0.1) is 0 Å². The molecule has 2 heteroatoms. The Balaban J connectivity index is 2.63. The maximum atomic E-state index is 3.17. The quantitative estimate of drug-likeness (QED) is 0.635. The van der Waals surface area contributed by atoms with E-state index in [4.69, 9.17) is 0 Å². The lowest BCUT2D eigenvalue weighted by Crippen LogP contribution is -2.21. The Hall–Kier alpha value is -0.780. The molecule has 2 aromatic rings. The van der Waals surface area contributed by atoms with Crippen LogP contribution in [-0.2, 0) is 0 Å². The van der Waals surface area contributed by atoms with Crippen molar-refractivity contribution in [2.24, 2.45) is 0 Å². The van der Waals surface area contributed by atoms with Crippen LogP contribution in [-0.4, -0.2) is 4.75 Å². The second-order valence-corrected chi connectivity index (χ2v) is 11.0. The molecular weight excluding hydrogens is 255 g/mol. The molecule has 0 spiro atoms. The molecule has 0 aromatic heterocycles. The first-order chi connectivity index (χ1) is 8.46. The topological polar surface area (TPSA) is 0 Å². The minimum absolute atomic E-state index is 0.209. The Bertz CT molecular complexity index is 460. The van der Waals surface area contributed by atoms with Gasteiger partial charge >= 0.3 is 0 Å². The summed E-state index contributed by atoms with van der Waals surface area (Å²) in [5.41, 5.74) is 0. The molecule has 2 aromatic carbocycles. The first-order valence-corrected chi connectivity index (χ1v) is 9.28. The van der Waals surface area contributed by atoms with E-state index < -0.39 is 9.65 Å². The standard InChI is InChI=1S/C16H21PS/c1-16(2,3)18(17,14-10-6-4-7-11-14)15-12-8-5-9-13-15/h4-13H,17H2,1-3H3. The molecule has 96 valence electrons. The summed E-state index contributed by atoms with van der Waals surface area (Å²) in [6.45, 7) is 6.99. The van der Waals surface area contributed by atoms with Crippen LogP contribution >= 0.6 is 18.1 Å². The zero-order chi connectivity index (χ0) is 13.2. The number of hydrogen-bond acceptors (Lipinski definition) is 0. The molecule has 0 amide bonds. The molecule has 0 heterocycles. The third kappa shape index (κ3) is 2.35. The lowest BCUT2D eigenvalue weighted by molar-refractivity contribution is 0.788. The van der Waals surface area contributed by atoms with E-state index >= 15 is 0 Å². The SMILES string of the molecule is CC(C)(C)S(P)(c1ccccc1)c1ccccc1. The number of hydrogen-bond donors (Lipinski definition) is 0. The van der Waals surface area contributed by atoms with Gasteiger partial charge in [0.25, 0.3) is 0 Å². The molecular formula is C16H21PS. The number of rotatable bonds is 2. The zero-order valence-corrected chi connectivity index (χ0v) is 13.2. The van der Waals surface area contributed by atoms with Gasteiger partial charge in [-0.25, -0.2) is 0 Å². The van der Waals surface area contributed by atoms with Gasteiger partial charge in [-0.05, 0) is 34.1 Å². The Morgan fingerprint density at radius 1 is 0.722 bits per heavy atom. The average Bonchev–Trinajstić information content (AvgIpc) is 2.38. The summed E-state index contributed by atoms with van der Waals surface area (Å²) < 4.78 is 0.209. The summed E-state index contributed by atoms with van der Waals surface area (Å²) in [7, 11) is 2.08. The van der Waals surface area contributed by atoms with Gasteiger partial charge in [-0.2, -0.15) is 9.65 Å². The highest BCUT2D eigenvalue weighted by Gasteiger charge is 2.35. The Morgan fingerprint density at radius 2 is 1.06 bits per heavy atom. The van der Waals surface area contributed by atoms with E-state index in [1.165, 1.54) is 9.79 Å². The summed E-state index contributed by atoms with van der Waals surface area (Å²) in [6, 6.07) is 21.7. The largest absolute Gasteiger partial charge is 0.167 e. The lowest BCUT2D eigenvalue weighted by atomic mass is 10.3. The van der Waals surface area contributed by atoms with Gasteiger partial charge in [-0.1, -0.05) is 65.6 Å². The monoisotopic (exact) mass is 276 g/mol. The van der Waals surface area contributed by atoms with Gasteiger partial charge in [0.2, 0.25) is 0 Å². The molecule has 0 nitrogen and oxygen atoms in total. The van der Waals surface area contributed by atoms with E-state index in [0.29, 0.717) is 0 Å². The van der Waals surface area contributed by atoms with E-state index in [9.17, 15) is 0 Å². The van der Waals surface area contributed by atoms with Crippen LogP contribution < -0.4 is 0 Å². The zero-order valence-electron chi connectivity index (χ0n) is 11.3. The van der Waals surface area contributed by atoms with Crippen LogP contribution in [0.2, 0.25) is 0 Å². The van der Waals surface area contributed by atoms with Crippen LogP contribution in [0.25, 0.3) is 0 Å². The average molecular weight is 276 g/mol. The molecule has 2 rings (SSSR count). The Kier molecular flexibility index (Phi) is 3.84. The summed E-state index contributed by atoms with van der Waals surface area (Å²) >= 11 is 0. The first kappa shape index (κ1) is 13.6. The van der Waals surface area contributed by atoms with Gasteiger partial charge in [0, 0.05) is 4.75 Å². The highest BCUT2D eigenvalue weighted by molar-refractivity contribution is 8.69. The van der Waals surface area contributed by atoms with E-state index in [1.54, 1.807) is 0 Å². The molecule has 0 saturated heterocycles.